The van der Waals surface area contributed by atoms with E-state index < -0.39 is 5.91 Å². The van der Waals surface area contributed by atoms with E-state index in [4.69, 9.17) is 5.73 Å². The highest BCUT2D eigenvalue weighted by Crippen LogP contribution is 2.29. The molecule has 1 aliphatic rings. The van der Waals surface area contributed by atoms with E-state index >= 15 is 0 Å². The summed E-state index contributed by atoms with van der Waals surface area (Å²) < 4.78 is 1.47. The highest BCUT2D eigenvalue weighted by atomic mass is 16.1. The molecule has 1 aromatic rings. The summed E-state index contributed by atoms with van der Waals surface area (Å²) in [4.78, 5) is 10.7. The van der Waals surface area contributed by atoms with Gasteiger partial charge in [-0.25, -0.2) is 4.68 Å². The molecule has 1 atom stereocenters. The minimum absolute atomic E-state index is 0.0885. The molecule has 6 heteroatoms. The zero-order chi connectivity index (χ0) is 12.3. The Morgan fingerprint density at radius 2 is 2.47 bits per heavy atom. The second-order valence-corrected chi connectivity index (χ2v) is 4.73. The van der Waals surface area contributed by atoms with Gasteiger partial charge in [0.1, 0.15) is 6.54 Å². The van der Waals surface area contributed by atoms with Gasteiger partial charge < -0.3 is 11.1 Å². The van der Waals surface area contributed by atoms with E-state index in [-0.39, 0.29) is 6.54 Å². The van der Waals surface area contributed by atoms with Gasteiger partial charge in [-0.15, -0.1) is 5.10 Å². The highest BCUT2D eigenvalue weighted by Gasteiger charge is 2.23. The van der Waals surface area contributed by atoms with E-state index in [1.54, 1.807) is 6.20 Å². The standard InChI is InChI=1S/C11H19N5O/c1-8(9-3-2-4-9)13-5-10-6-16(15-14-10)7-11(12)17/h6,8-9,13H,2-5,7H2,1H3,(H2,12,17)/t8-/m1/s1. The number of aromatic nitrogens is 3. The second kappa shape index (κ2) is 5.27. The topological polar surface area (TPSA) is 85.8 Å². The normalized spacial score (nSPS) is 17.7. The number of rotatable bonds is 6. The molecule has 1 aromatic heterocycles. The van der Waals surface area contributed by atoms with Crippen LogP contribution in [0.3, 0.4) is 0 Å². The molecule has 0 saturated heterocycles. The van der Waals surface area contributed by atoms with Crippen LogP contribution in [0.25, 0.3) is 0 Å². The molecule has 1 amide bonds. The van der Waals surface area contributed by atoms with Gasteiger partial charge in [0.15, 0.2) is 0 Å². The van der Waals surface area contributed by atoms with E-state index in [1.807, 2.05) is 0 Å². The summed E-state index contributed by atoms with van der Waals surface area (Å²) in [5, 5.41) is 11.3. The van der Waals surface area contributed by atoms with Crippen LogP contribution in [0.2, 0.25) is 0 Å². The molecular formula is C11H19N5O. The number of hydrogen-bond acceptors (Lipinski definition) is 4. The molecule has 1 fully saturated rings. The molecule has 2 rings (SSSR count). The van der Waals surface area contributed by atoms with Gasteiger partial charge in [-0.2, -0.15) is 0 Å². The van der Waals surface area contributed by atoms with Gasteiger partial charge in [0, 0.05) is 12.6 Å². The van der Waals surface area contributed by atoms with E-state index in [0.29, 0.717) is 12.6 Å². The highest BCUT2D eigenvalue weighted by molar-refractivity contribution is 5.73. The molecule has 0 bridgehead atoms. The maximum atomic E-state index is 10.7. The molecule has 1 aliphatic carbocycles. The molecule has 0 aromatic carbocycles. The molecular weight excluding hydrogens is 218 g/mol. The third-order valence-electron chi connectivity index (χ3n) is 3.37. The first-order chi connectivity index (χ1) is 8.15. The van der Waals surface area contributed by atoms with Crippen LogP contribution in [0.5, 0.6) is 0 Å². The number of hydrogen-bond donors (Lipinski definition) is 2. The van der Waals surface area contributed by atoms with Crippen molar-refractivity contribution in [3.63, 3.8) is 0 Å². The molecule has 3 N–H and O–H groups in total. The molecule has 6 nitrogen and oxygen atoms in total. The summed E-state index contributed by atoms with van der Waals surface area (Å²) in [5.41, 5.74) is 5.92. The first-order valence-electron chi connectivity index (χ1n) is 6.06. The van der Waals surface area contributed by atoms with Crippen molar-refractivity contribution in [1.82, 2.24) is 20.3 Å². The van der Waals surface area contributed by atoms with Crippen molar-refractivity contribution < 1.29 is 4.79 Å². The Hall–Kier alpha value is -1.43. The predicted molar refractivity (Wildman–Crippen MR) is 62.9 cm³/mol. The molecule has 0 aliphatic heterocycles. The third-order valence-corrected chi connectivity index (χ3v) is 3.37. The number of carbonyl (C=O) groups is 1. The van der Waals surface area contributed by atoms with Gasteiger partial charge in [-0.3, -0.25) is 4.79 Å². The van der Waals surface area contributed by atoms with Gasteiger partial charge in [-0.1, -0.05) is 11.6 Å². The number of primary amides is 1. The Labute approximate surface area is 101 Å². The zero-order valence-electron chi connectivity index (χ0n) is 10.1. The fraction of sp³-hybridized carbons (Fsp3) is 0.727. The molecule has 94 valence electrons. The summed E-state index contributed by atoms with van der Waals surface area (Å²) in [7, 11) is 0. The summed E-state index contributed by atoms with van der Waals surface area (Å²) in [6.45, 7) is 2.99. The van der Waals surface area contributed by atoms with E-state index in [1.165, 1.54) is 23.9 Å². The van der Waals surface area contributed by atoms with E-state index in [0.717, 1.165) is 11.6 Å². The Kier molecular flexibility index (Phi) is 3.73. The van der Waals surface area contributed by atoms with Crippen molar-refractivity contribution in [2.45, 2.75) is 45.3 Å². The van der Waals surface area contributed by atoms with Crippen molar-refractivity contribution in [3.05, 3.63) is 11.9 Å². The number of amides is 1. The Morgan fingerprint density at radius 3 is 3.06 bits per heavy atom. The van der Waals surface area contributed by atoms with Crippen LogP contribution < -0.4 is 11.1 Å². The third kappa shape index (κ3) is 3.26. The molecule has 0 unspecified atom stereocenters. The summed E-state index contributed by atoms with van der Waals surface area (Å²) in [6.07, 6.45) is 5.75. The lowest BCUT2D eigenvalue weighted by Gasteiger charge is -2.31. The SMILES string of the molecule is C[C@@H](NCc1cn(CC(N)=O)nn1)C1CCC1. The van der Waals surface area contributed by atoms with Gasteiger partial charge in [-0.05, 0) is 25.7 Å². The Morgan fingerprint density at radius 1 is 1.71 bits per heavy atom. The van der Waals surface area contributed by atoms with Crippen molar-refractivity contribution in [3.8, 4) is 0 Å². The summed E-state index contributed by atoms with van der Waals surface area (Å²) in [5.74, 6) is 0.396. The monoisotopic (exact) mass is 237 g/mol. The first-order valence-corrected chi connectivity index (χ1v) is 6.06. The van der Waals surface area contributed by atoms with Crippen LogP contribution in [0.15, 0.2) is 6.20 Å². The van der Waals surface area contributed by atoms with Crippen LogP contribution in [-0.2, 0) is 17.9 Å². The summed E-state index contributed by atoms with van der Waals surface area (Å²) in [6, 6.07) is 0.519. The number of nitrogens with zero attached hydrogens (tertiary/aromatic N) is 3. The molecule has 1 saturated carbocycles. The first kappa shape index (κ1) is 12.0. The smallest absolute Gasteiger partial charge is 0.239 e. The van der Waals surface area contributed by atoms with Crippen LogP contribution in [0, 0.1) is 5.92 Å². The lowest BCUT2D eigenvalue weighted by molar-refractivity contribution is -0.118. The maximum Gasteiger partial charge on any atom is 0.239 e. The van der Waals surface area contributed by atoms with Crippen molar-refractivity contribution in [2.24, 2.45) is 11.7 Å². The lowest BCUT2D eigenvalue weighted by atomic mass is 9.80. The van der Waals surface area contributed by atoms with Crippen LogP contribution >= 0.6 is 0 Å². The minimum Gasteiger partial charge on any atom is -0.368 e. The second-order valence-electron chi connectivity index (χ2n) is 4.73. The average molecular weight is 237 g/mol. The average Bonchev–Trinajstić information content (AvgIpc) is 2.59. The minimum atomic E-state index is -0.405. The summed E-state index contributed by atoms with van der Waals surface area (Å²) >= 11 is 0. The molecule has 0 spiro atoms. The lowest BCUT2D eigenvalue weighted by Crippen LogP contribution is -2.36. The fourth-order valence-electron chi connectivity index (χ4n) is 2.03. The largest absolute Gasteiger partial charge is 0.368 e. The molecule has 1 heterocycles. The quantitative estimate of drug-likeness (QED) is 0.731. The van der Waals surface area contributed by atoms with Gasteiger partial charge in [0.05, 0.1) is 11.9 Å². The van der Waals surface area contributed by atoms with Gasteiger partial charge in [0.25, 0.3) is 0 Å². The van der Waals surface area contributed by atoms with Gasteiger partial charge >= 0.3 is 0 Å². The number of nitrogens with two attached hydrogens (primary N) is 1. The Bertz CT molecular complexity index is 385. The van der Waals surface area contributed by atoms with Crippen molar-refractivity contribution in [1.29, 1.82) is 0 Å². The number of carbonyl (C=O) groups excluding carboxylic acids is 1. The van der Waals surface area contributed by atoms with Crippen LogP contribution in [-0.4, -0.2) is 26.9 Å². The van der Waals surface area contributed by atoms with E-state index in [2.05, 4.69) is 22.6 Å². The fourth-order valence-corrected chi connectivity index (χ4v) is 2.03. The van der Waals surface area contributed by atoms with Gasteiger partial charge in [0.2, 0.25) is 5.91 Å². The van der Waals surface area contributed by atoms with Crippen molar-refractivity contribution in [2.75, 3.05) is 0 Å². The zero-order valence-corrected chi connectivity index (χ0v) is 10.1. The number of nitrogens with one attached hydrogen (secondary N) is 1. The van der Waals surface area contributed by atoms with E-state index in [9.17, 15) is 4.79 Å². The predicted octanol–water partition coefficient (Wildman–Crippen LogP) is 0.0416. The van der Waals surface area contributed by atoms with Crippen LogP contribution in [0.4, 0.5) is 0 Å². The Balaban J connectivity index is 1.78. The van der Waals surface area contributed by atoms with Crippen LogP contribution in [0.1, 0.15) is 31.9 Å². The maximum absolute atomic E-state index is 10.7. The molecule has 0 radical (unpaired) electrons. The van der Waals surface area contributed by atoms with Crippen molar-refractivity contribution >= 4 is 5.91 Å². The molecule has 17 heavy (non-hydrogen) atoms.